The quantitative estimate of drug-likeness (QED) is 0.514. The number of anilines is 5. The van der Waals surface area contributed by atoms with Gasteiger partial charge < -0.3 is 20.9 Å². The lowest BCUT2D eigenvalue weighted by Gasteiger charge is -2.28. The van der Waals surface area contributed by atoms with Gasteiger partial charge in [0.1, 0.15) is 5.82 Å². The predicted molar refractivity (Wildman–Crippen MR) is 126 cm³/mol. The number of hydrogen-bond donors (Lipinski definition) is 3. The van der Waals surface area contributed by atoms with Gasteiger partial charge >= 0.3 is 6.03 Å². The van der Waals surface area contributed by atoms with Crippen LogP contribution in [0.25, 0.3) is 0 Å². The number of aromatic nitrogens is 2. The first-order chi connectivity index (χ1) is 15.1. The van der Waals surface area contributed by atoms with Crippen LogP contribution in [0, 0.1) is 13.8 Å². The van der Waals surface area contributed by atoms with Gasteiger partial charge in [-0.2, -0.15) is 4.98 Å². The molecule has 0 unspecified atom stereocenters. The van der Waals surface area contributed by atoms with Crippen LogP contribution in [-0.2, 0) is 0 Å². The van der Waals surface area contributed by atoms with E-state index in [4.69, 9.17) is 4.98 Å². The molecule has 4 rings (SSSR count). The van der Waals surface area contributed by atoms with Gasteiger partial charge in [0, 0.05) is 41.9 Å². The van der Waals surface area contributed by atoms with E-state index < -0.39 is 0 Å². The fourth-order valence-corrected chi connectivity index (χ4v) is 3.66. The van der Waals surface area contributed by atoms with Gasteiger partial charge in [-0.3, -0.25) is 0 Å². The van der Waals surface area contributed by atoms with Gasteiger partial charge in [0.05, 0.1) is 0 Å². The molecule has 1 fully saturated rings. The van der Waals surface area contributed by atoms with Crippen LogP contribution < -0.4 is 20.9 Å². The molecule has 1 aliphatic heterocycles. The summed E-state index contributed by atoms with van der Waals surface area (Å²) in [6.07, 6.45) is 3.70. The lowest BCUT2D eigenvalue weighted by atomic mass is 10.1. The summed E-state index contributed by atoms with van der Waals surface area (Å²) in [5.41, 5.74) is 4.30. The van der Waals surface area contributed by atoms with E-state index in [1.807, 2.05) is 68.4 Å². The monoisotopic (exact) mass is 416 g/mol. The molecule has 2 amide bonds. The largest absolute Gasteiger partial charge is 0.356 e. The first kappa shape index (κ1) is 20.7. The Morgan fingerprint density at radius 1 is 0.871 bits per heavy atom. The first-order valence-corrected chi connectivity index (χ1v) is 10.7. The summed E-state index contributed by atoms with van der Waals surface area (Å²) < 4.78 is 0. The molecule has 160 valence electrons. The van der Waals surface area contributed by atoms with Crippen molar-refractivity contribution in [1.29, 1.82) is 0 Å². The van der Waals surface area contributed by atoms with E-state index in [-0.39, 0.29) is 6.03 Å². The van der Waals surface area contributed by atoms with E-state index in [1.165, 1.54) is 19.3 Å². The van der Waals surface area contributed by atoms with Gasteiger partial charge in [0.2, 0.25) is 5.95 Å². The molecule has 0 atom stereocenters. The summed E-state index contributed by atoms with van der Waals surface area (Å²) in [5.74, 6) is 1.56. The van der Waals surface area contributed by atoms with Crippen LogP contribution in [0.3, 0.4) is 0 Å². The molecule has 1 aromatic heterocycles. The number of carbonyl (C=O) groups is 1. The van der Waals surface area contributed by atoms with Crippen molar-refractivity contribution in [3.05, 3.63) is 65.9 Å². The molecule has 0 aliphatic carbocycles. The zero-order chi connectivity index (χ0) is 21.6. The summed E-state index contributed by atoms with van der Waals surface area (Å²) in [5, 5.41) is 9.00. The molecule has 2 heterocycles. The molecule has 3 aromatic rings. The number of urea groups is 1. The van der Waals surface area contributed by atoms with Crippen LogP contribution in [0.4, 0.5) is 33.6 Å². The highest BCUT2D eigenvalue weighted by Crippen LogP contribution is 2.22. The van der Waals surface area contributed by atoms with E-state index in [9.17, 15) is 4.79 Å². The number of hydrogen-bond acceptors (Lipinski definition) is 5. The Morgan fingerprint density at radius 2 is 1.58 bits per heavy atom. The van der Waals surface area contributed by atoms with Gasteiger partial charge in [0.25, 0.3) is 0 Å². The van der Waals surface area contributed by atoms with E-state index in [0.717, 1.165) is 41.5 Å². The highest BCUT2D eigenvalue weighted by atomic mass is 16.2. The minimum Gasteiger partial charge on any atom is -0.356 e. The molecule has 1 saturated heterocycles. The summed E-state index contributed by atoms with van der Waals surface area (Å²) in [7, 11) is 0. The zero-order valence-corrected chi connectivity index (χ0v) is 18.0. The maximum Gasteiger partial charge on any atom is 0.323 e. The van der Waals surface area contributed by atoms with Crippen LogP contribution in [0.5, 0.6) is 0 Å². The third kappa shape index (κ3) is 5.51. The summed E-state index contributed by atoms with van der Waals surface area (Å²) in [4.78, 5) is 23.8. The third-order valence-electron chi connectivity index (χ3n) is 5.31. The lowest BCUT2D eigenvalue weighted by molar-refractivity contribution is 0.262. The van der Waals surface area contributed by atoms with E-state index in [0.29, 0.717) is 11.6 Å². The normalized spacial score (nSPS) is 13.5. The molecule has 0 saturated carbocycles. The minimum absolute atomic E-state index is 0.275. The first-order valence-electron chi connectivity index (χ1n) is 10.7. The Labute approximate surface area is 182 Å². The fraction of sp³-hybridized carbons (Fsp3) is 0.292. The Bertz CT molecular complexity index is 1040. The number of carbonyl (C=O) groups excluding carboxylic acids is 1. The maximum absolute atomic E-state index is 12.3. The number of para-hydroxylation sites is 1. The maximum atomic E-state index is 12.3. The van der Waals surface area contributed by atoms with E-state index in [2.05, 4.69) is 25.8 Å². The highest BCUT2D eigenvalue weighted by Gasteiger charge is 2.14. The lowest BCUT2D eigenvalue weighted by Crippen LogP contribution is -2.30. The molecule has 3 N–H and O–H groups in total. The van der Waals surface area contributed by atoms with Crippen molar-refractivity contribution in [3.8, 4) is 0 Å². The van der Waals surface area contributed by atoms with Crippen LogP contribution in [-0.4, -0.2) is 29.1 Å². The average Bonchev–Trinajstić information content (AvgIpc) is 2.77. The summed E-state index contributed by atoms with van der Waals surface area (Å²) in [6.45, 7) is 6.03. The number of benzene rings is 2. The van der Waals surface area contributed by atoms with Crippen molar-refractivity contribution >= 4 is 34.9 Å². The van der Waals surface area contributed by atoms with Gasteiger partial charge in [-0.1, -0.05) is 18.2 Å². The van der Waals surface area contributed by atoms with Crippen LogP contribution in [0.1, 0.15) is 30.5 Å². The molecule has 7 heteroatoms. The molecule has 7 nitrogen and oxygen atoms in total. The standard InChI is InChI=1S/C24H28N6O/c1-17-8-4-5-9-21(17)28-24(31)27-20-12-10-19(11-13-20)26-23-25-18(2)16-22(29-23)30-14-6-3-7-15-30/h4-5,8-13,16H,3,6-7,14-15H2,1-2H3,(H,25,26,29)(H2,27,28,31). The summed E-state index contributed by atoms with van der Waals surface area (Å²) in [6, 6.07) is 16.9. The SMILES string of the molecule is Cc1cc(N2CCCCC2)nc(Nc2ccc(NC(=O)Nc3ccccc3C)cc2)n1. The van der Waals surface area contributed by atoms with Crippen molar-refractivity contribution in [2.24, 2.45) is 0 Å². The van der Waals surface area contributed by atoms with Crippen molar-refractivity contribution in [2.75, 3.05) is 33.9 Å². The van der Waals surface area contributed by atoms with Crippen molar-refractivity contribution in [3.63, 3.8) is 0 Å². The van der Waals surface area contributed by atoms with Crippen molar-refractivity contribution < 1.29 is 4.79 Å². The second-order valence-electron chi connectivity index (χ2n) is 7.84. The zero-order valence-electron chi connectivity index (χ0n) is 18.0. The molecule has 1 aliphatic rings. The fourth-order valence-electron chi connectivity index (χ4n) is 3.66. The van der Waals surface area contributed by atoms with Crippen LogP contribution in [0.15, 0.2) is 54.6 Å². The van der Waals surface area contributed by atoms with Crippen molar-refractivity contribution in [1.82, 2.24) is 9.97 Å². The van der Waals surface area contributed by atoms with Gasteiger partial charge in [-0.25, -0.2) is 9.78 Å². The Kier molecular flexibility index (Phi) is 6.31. The third-order valence-corrected chi connectivity index (χ3v) is 5.31. The molecule has 0 spiro atoms. The Hall–Kier alpha value is -3.61. The van der Waals surface area contributed by atoms with E-state index in [1.54, 1.807) is 0 Å². The summed E-state index contributed by atoms with van der Waals surface area (Å²) >= 11 is 0. The predicted octanol–water partition coefficient (Wildman–Crippen LogP) is 5.47. The second-order valence-corrected chi connectivity index (χ2v) is 7.84. The van der Waals surface area contributed by atoms with Crippen molar-refractivity contribution in [2.45, 2.75) is 33.1 Å². The topological polar surface area (TPSA) is 82.2 Å². The molecule has 2 aromatic carbocycles. The van der Waals surface area contributed by atoms with Crippen LogP contribution >= 0.6 is 0 Å². The molecule has 0 radical (unpaired) electrons. The Morgan fingerprint density at radius 3 is 2.32 bits per heavy atom. The Balaban J connectivity index is 1.39. The highest BCUT2D eigenvalue weighted by molar-refractivity contribution is 6.00. The number of rotatable bonds is 5. The van der Waals surface area contributed by atoms with Gasteiger partial charge in [-0.15, -0.1) is 0 Å². The number of aryl methyl sites for hydroxylation is 2. The number of piperidine rings is 1. The van der Waals surface area contributed by atoms with E-state index >= 15 is 0 Å². The van der Waals surface area contributed by atoms with Gasteiger partial charge in [0.15, 0.2) is 0 Å². The molecule has 31 heavy (non-hydrogen) atoms. The van der Waals surface area contributed by atoms with Gasteiger partial charge in [-0.05, 0) is 69.0 Å². The number of amides is 2. The smallest absolute Gasteiger partial charge is 0.323 e. The minimum atomic E-state index is -0.275. The second kappa shape index (κ2) is 9.47. The average molecular weight is 417 g/mol. The van der Waals surface area contributed by atoms with Crippen LogP contribution in [0.2, 0.25) is 0 Å². The molecular weight excluding hydrogens is 388 g/mol. The molecular formula is C24H28N6O. The number of nitrogens with zero attached hydrogens (tertiary/aromatic N) is 3. The molecule has 0 bridgehead atoms. The number of nitrogens with one attached hydrogen (secondary N) is 3.